The summed E-state index contributed by atoms with van der Waals surface area (Å²) in [6, 6.07) is 11.0. The van der Waals surface area contributed by atoms with E-state index in [4.69, 9.17) is 4.74 Å². The Morgan fingerprint density at radius 1 is 1.39 bits per heavy atom. The molecule has 3 rings (SSSR count). The van der Waals surface area contributed by atoms with Crippen LogP contribution in [0.1, 0.15) is 43.7 Å². The Kier molecular flexibility index (Phi) is 2.87. The number of rotatable bonds is 2. The van der Waals surface area contributed by atoms with Crippen LogP contribution in [0.15, 0.2) is 24.3 Å². The molecule has 3 atom stereocenters. The molecule has 0 radical (unpaired) electrons. The van der Waals surface area contributed by atoms with E-state index in [-0.39, 0.29) is 11.5 Å². The van der Waals surface area contributed by atoms with Crippen LogP contribution in [0.3, 0.4) is 0 Å². The van der Waals surface area contributed by atoms with Gasteiger partial charge in [0.1, 0.15) is 0 Å². The van der Waals surface area contributed by atoms with Crippen LogP contribution < -0.4 is 0 Å². The first-order valence-electron chi connectivity index (χ1n) is 6.89. The molecule has 0 amide bonds. The number of nitriles is 1. The number of benzene rings is 1. The molecule has 2 nitrogen and oxygen atoms in total. The molecule has 1 fully saturated rings. The predicted molar refractivity (Wildman–Crippen MR) is 70.2 cm³/mol. The zero-order valence-electron chi connectivity index (χ0n) is 10.9. The summed E-state index contributed by atoms with van der Waals surface area (Å²) in [7, 11) is 0. The Morgan fingerprint density at radius 2 is 2.22 bits per heavy atom. The summed E-state index contributed by atoms with van der Waals surface area (Å²) in [4.78, 5) is 0. The second-order valence-electron chi connectivity index (χ2n) is 5.70. The van der Waals surface area contributed by atoms with E-state index < -0.39 is 0 Å². The van der Waals surface area contributed by atoms with Crippen LogP contribution in [0.2, 0.25) is 0 Å². The molecule has 1 aromatic rings. The molecule has 2 aliphatic rings. The topological polar surface area (TPSA) is 33.0 Å². The standard InChI is InChI=1S/C16H19NO/c1-12-6-7-14(18-12)10-16(11-17)9-8-13-4-2-3-5-15(13)16/h2-5,12,14H,6-10H2,1H3. The first kappa shape index (κ1) is 11.7. The SMILES string of the molecule is CC1CCC(CC2(C#N)CCc3ccccc32)O1. The van der Waals surface area contributed by atoms with Crippen molar-refractivity contribution in [2.75, 3.05) is 0 Å². The molecule has 1 aliphatic heterocycles. The number of ether oxygens (including phenoxy) is 1. The third kappa shape index (κ3) is 1.83. The lowest BCUT2D eigenvalue weighted by Gasteiger charge is -2.25. The molecule has 1 saturated heterocycles. The average Bonchev–Trinajstić information content (AvgIpc) is 2.96. The summed E-state index contributed by atoms with van der Waals surface area (Å²) >= 11 is 0. The second kappa shape index (κ2) is 4.40. The van der Waals surface area contributed by atoms with Crippen LogP contribution >= 0.6 is 0 Å². The van der Waals surface area contributed by atoms with E-state index in [2.05, 4.69) is 31.2 Å². The van der Waals surface area contributed by atoms with Crippen molar-refractivity contribution in [3.05, 3.63) is 35.4 Å². The van der Waals surface area contributed by atoms with Crippen LogP contribution in [0.5, 0.6) is 0 Å². The van der Waals surface area contributed by atoms with Crippen molar-refractivity contribution in [2.24, 2.45) is 0 Å². The quantitative estimate of drug-likeness (QED) is 0.795. The molecule has 0 aromatic heterocycles. The Labute approximate surface area is 109 Å². The summed E-state index contributed by atoms with van der Waals surface area (Å²) in [5.74, 6) is 0. The van der Waals surface area contributed by atoms with Gasteiger partial charge in [0.2, 0.25) is 0 Å². The van der Waals surface area contributed by atoms with Crippen molar-refractivity contribution in [3.8, 4) is 6.07 Å². The van der Waals surface area contributed by atoms with Crippen molar-refractivity contribution >= 4 is 0 Å². The van der Waals surface area contributed by atoms with Crippen molar-refractivity contribution in [2.45, 2.75) is 56.7 Å². The average molecular weight is 241 g/mol. The maximum atomic E-state index is 9.68. The molecule has 1 heterocycles. The summed E-state index contributed by atoms with van der Waals surface area (Å²) < 4.78 is 5.91. The summed E-state index contributed by atoms with van der Waals surface area (Å²) in [6.45, 7) is 2.13. The molecule has 18 heavy (non-hydrogen) atoms. The Morgan fingerprint density at radius 3 is 2.94 bits per heavy atom. The largest absolute Gasteiger partial charge is 0.375 e. The highest BCUT2D eigenvalue weighted by Gasteiger charge is 2.42. The van der Waals surface area contributed by atoms with Gasteiger partial charge in [0.25, 0.3) is 0 Å². The minimum Gasteiger partial charge on any atom is -0.375 e. The molecule has 1 aromatic carbocycles. The zero-order valence-corrected chi connectivity index (χ0v) is 10.9. The van der Waals surface area contributed by atoms with Crippen LogP contribution in [0.25, 0.3) is 0 Å². The van der Waals surface area contributed by atoms with E-state index in [0.717, 1.165) is 32.1 Å². The zero-order chi connectivity index (χ0) is 12.6. The lowest BCUT2D eigenvalue weighted by atomic mass is 9.78. The van der Waals surface area contributed by atoms with Crippen LogP contribution in [0.4, 0.5) is 0 Å². The molecule has 0 spiro atoms. The number of fused-ring (bicyclic) bond motifs is 1. The fraction of sp³-hybridized carbons (Fsp3) is 0.562. The normalized spacial score (nSPS) is 34.2. The molecular formula is C16H19NO. The molecule has 0 bridgehead atoms. The fourth-order valence-electron chi connectivity index (χ4n) is 3.49. The van der Waals surface area contributed by atoms with E-state index in [9.17, 15) is 5.26 Å². The second-order valence-corrected chi connectivity index (χ2v) is 5.70. The van der Waals surface area contributed by atoms with Gasteiger partial charge in [-0.15, -0.1) is 0 Å². The third-order valence-corrected chi connectivity index (χ3v) is 4.46. The van der Waals surface area contributed by atoms with Gasteiger partial charge in [-0.2, -0.15) is 5.26 Å². The van der Waals surface area contributed by atoms with Crippen molar-refractivity contribution in [3.63, 3.8) is 0 Å². The highest BCUT2D eigenvalue weighted by molar-refractivity contribution is 5.44. The smallest absolute Gasteiger partial charge is 0.0852 e. The lowest BCUT2D eigenvalue weighted by molar-refractivity contribution is 0.0412. The molecule has 0 N–H and O–H groups in total. The molecule has 1 aliphatic carbocycles. The lowest BCUT2D eigenvalue weighted by Crippen LogP contribution is -2.27. The molecule has 94 valence electrons. The van der Waals surface area contributed by atoms with Crippen LogP contribution in [0, 0.1) is 11.3 Å². The summed E-state index contributed by atoms with van der Waals surface area (Å²) in [5, 5.41) is 9.68. The van der Waals surface area contributed by atoms with E-state index in [1.807, 2.05) is 6.07 Å². The summed E-state index contributed by atoms with van der Waals surface area (Å²) in [5.41, 5.74) is 2.30. The Bertz CT molecular complexity index is 490. The van der Waals surface area contributed by atoms with Gasteiger partial charge in [-0.05, 0) is 50.2 Å². The monoisotopic (exact) mass is 241 g/mol. The van der Waals surface area contributed by atoms with Gasteiger partial charge in [-0.3, -0.25) is 0 Å². The van der Waals surface area contributed by atoms with E-state index >= 15 is 0 Å². The molecule has 0 saturated carbocycles. The van der Waals surface area contributed by atoms with E-state index in [1.54, 1.807) is 0 Å². The minimum absolute atomic E-state index is 0.269. The minimum atomic E-state index is -0.300. The van der Waals surface area contributed by atoms with Crippen molar-refractivity contribution in [1.29, 1.82) is 5.26 Å². The third-order valence-electron chi connectivity index (χ3n) is 4.46. The van der Waals surface area contributed by atoms with Gasteiger partial charge in [-0.1, -0.05) is 24.3 Å². The van der Waals surface area contributed by atoms with E-state index in [0.29, 0.717) is 6.10 Å². The fourth-order valence-corrected chi connectivity index (χ4v) is 3.49. The van der Waals surface area contributed by atoms with Gasteiger partial charge in [0, 0.05) is 0 Å². The number of hydrogen-bond donors (Lipinski definition) is 0. The number of nitrogens with zero attached hydrogens (tertiary/aromatic N) is 1. The van der Waals surface area contributed by atoms with Crippen LogP contribution in [-0.4, -0.2) is 12.2 Å². The maximum absolute atomic E-state index is 9.68. The van der Waals surface area contributed by atoms with Gasteiger partial charge in [0.15, 0.2) is 0 Å². The molecule has 2 heteroatoms. The van der Waals surface area contributed by atoms with Crippen LogP contribution in [-0.2, 0) is 16.6 Å². The predicted octanol–water partition coefficient (Wildman–Crippen LogP) is 3.35. The number of aryl methyl sites for hydroxylation is 1. The van der Waals surface area contributed by atoms with Gasteiger partial charge < -0.3 is 4.74 Å². The highest BCUT2D eigenvalue weighted by Crippen LogP contribution is 2.43. The first-order valence-corrected chi connectivity index (χ1v) is 6.89. The van der Waals surface area contributed by atoms with Gasteiger partial charge >= 0.3 is 0 Å². The van der Waals surface area contributed by atoms with Crippen molar-refractivity contribution in [1.82, 2.24) is 0 Å². The van der Waals surface area contributed by atoms with Gasteiger partial charge in [0.05, 0.1) is 23.7 Å². The van der Waals surface area contributed by atoms with E-state index in [1.165, 1.54) is 11.1 Å². The maximum Gasteiger partial charge on any atom is 0.0852 e. The first-order chi connectivity index (χ1) is 8.73. The highest BCUT2D eigenvalue weighted by atomic mass is 16.5. The summed E-state index contributed by atoms with van der Waals surface area (Å²) in [6.07, 6.45) is 5.72. The van der Waals surface area contributed by atoms with Crippen molar-refractivity contribution < 1.29 is 4.74 Å². The Hall–Kier alpha value is -1.33. The van der Waals surface area contributed by atoms with Gasteiger partial charge in [-0.25, -0.2) is 0 Å². The molecule has 3 unspecified atom stereocenters. The Balaban J connectivity index is 1.87. The number of hydrogen-bond acceptors (Lipinski definition) is 2. The molecular weight excluding hydrogens is 222 g/mol.